The van der Waals surface area contributed by atoms with Gasteiger partial charge in [0.15, 0.2) is 5.67 Å². The van der Waals surface area contributed by atoms with Crippen LogP contribution >= 0.6 is 12.2 Å². The topological polar surface area (TPSA) is 38.0 Å². The van der Waals surface area contributed by atoms with Gasteiger partial charge in [-0.15, -0.1) is 0 Å². The lowest BCUT2D eigenvalue weighted by atomic mass is 9.89. The second-order valence-corrected chi connectivity index (χ2v) is 4.95. The average molecular weight is 256 g/mol. The molecule has 1 aromatic rings. The van der Waals surface area contributed by atoms with Crippen molar-refractivity contribution in [2.45, 2.75) is 31.5 Å². The minimum atomic E-state index is -1.50. The Morgan fingerprint density at radius 1 is 1.53 bits per heavy atom. The maximum absolute atomic E-state index is 13.8. The maximum atomic E-state index is 13.8. The van der Waals surface area contributed by atoms with E-state index in [2.05, 4.69) is 5.32 Å². The first-order valence-electron chi connectivity index (χ1n) is 5.45. The normalized spacial score (nSPS) is 28.9. The number of hydrogen-bond donors (Lipinski definition) is 2. The molecule has 0 aromatic heterocycles. The average Bonchev–Trinajstić information content (AvgIpc) is 2.26. The van der Waals surface area contributed by atoms with E-state index in [0.717, 1.165) is 0 Å². The minimum Gasteiger partial charge on any atom is -0.399 e. The molecule has 0 radical (unpaired) electrons. The standard InChI is InChI=1S/C12H14F2N2S/c1-12(14)5-4-10(16-11(12)17)8-6-7(15)2-3-9(8)13/h2-3,6,10H,4-5,15H2,1H3,(H,16,17)/t10?,12-/m0/s1. The molecule has 5 heteroatoms. The van der Waals surface area contributed by atoms with Crippen molar-refractivity contribution in [3.05, 3.63) is 29.6 Å². The fraction of sp³-hybridized carbons (Fsp3) is 0.417. The van der Waals surface area contributed by atoms with Gasteiger partial charge in [-0.2, -0.15) is 0 Å². The Balaban J connectivity index is 2.25. The number of nitrogens with one attached hydrogen (secondary N) is 1. The molecule has 1 aliphatic rings. The van der Waals surface area contributed by atoms with Crippen LogP contribution in [0.15, 0.2) is 18.2 Å². The second kappa shape index (κ2) is 4.22. The lowest BCUT2D eigenvalue weighted by Crippen LogP contribution is -2.46. The van der Waals surface area contributed by atoms with E-state index in [1.54, 1.807) is 6.07 Å². The number of anilines is 1. The summed E-state index contributed by atoms with van der Waals surface area (Å²) in [6.07, 6.45) is 0.783. The lowest BCUT2D eigenvalue weighted by Gasteiger charge is -2.34. The van der Waals surface area contributed by atoms with Crippen LogP contribution in [-0.4, -0.2) is 10.7 Å². The van der Waals surface area contributed by atoms with Gasteiger partial charge in [0.1, 0.15) is 10.8 Å². The van der Waals surface area contributed by atoms with E-state index >= 15 is 0 Å². The van der Waals surface area contributed by atoms with Crippen LogP contribution in [0.1, 0.15) is 31.4 Å². The molecule has 1 aromatic carbocycles. The van der Waals surface area contributed by atoms with Crippen LogP contribution in [0.3, 0.4) is 0 Å². The zero-order valence-corrected chi connectivity index (χ0v) is 10.3. The smallest absolute Gasteiger partial charge is 0.157 e. The predicted molar refractivity (Wildman–Crippen MR) is 68.0 cm³/mol. The van der Waals surface area contributed by atoms with Gasteiger partial charge >= 0.3 is 0 Å². The number of rotatable bonds is 1. The molecular weight excluding hydrogens is 242 g/mol. The monoisotopic (exact) mass is 256 g/mol. The van der Waals surface area contributed by atoms with Gasteiger partial charge in [0.25, 0.3) is 0 Å². The molecule has 1 aliphatic heterocycles. The molecule has 0 amide bonds. The van der Waals surface area contributed by atoms with Gasteiger partial charge < -0.3 is 11.1 Å². The first-order chi connectivity index (χ1) is 7.90. The van der Waals surface area contributed by atoms with Crippen molar-refractivity contribution in [3.8, 4) is 0 Å². The van der Waals surface area contributed by atoms with Crippen molar-refractivity contribution < 1.29 is 8.78 Å². The molecular formula is C12H14F2N2S. The highest BCUT2D eigenvalue weighted by Gasteiger charge is 2.36. The summed E-state index contributed by atoms with van der Waals surface area (Å²) in [6.45, 7) is 1.44. The van der Waals surface area contributed by atoms with Crippen LogP contribution in [0.2, 0.25) is 0 Å². The van der Waals surface area contributed by atoms with E-state index in [4.69, 9.17) is 18.0 Å². The molecule has 92 valence electrons. The number of piperidine rings is 1. The van der Waals surface area contributed by atoms with Crippen molar-refractivity contribution in [1.82, 2.24) is 5.32 Å². The number of halogens is 2. The first kappa shape index (κ1) is 12.2. The third kappa shape index (κ3) is 2.39. The predicted octanol–water partition coefficient (Wildman–Crippen LogP) is 2.89. The SMILES string of the molecule is C[C@]1(F)CCC(c2cc(N)ccc2F)NC1=S. The summed E-state index contributed by atoms with van der Waals surface area (Å²) in [5.41, 5.74) is 5.06. The van der Waals surface area contributed by atoms with Crippen LogP contribution in [0.25, 0.3) is 0 Å². The Morgan fingerprint density at radius 2 is 2.24 bits per heavy atom. The molecule has 1 fully saturated rings. The van der Waals surface area contributed by atoms with E-state index in [-0.39, 0.29) is 23.3 Å². The number of benzene rings is 1. The molecule has 0 spiro atoms. The number of hydrogen-bond acceptors (Lipinski definition) is 2. The zero-order valence-electron chi connectivity index (χ0n) is 9.47. The molecule has 1 unspecified atom stereocenters. The largest absolute Gasteiger partial charge is 0.399 e. The second-order valence-electron chi connectivity index (χ2n) is 4.54. The first-order valence-corrected chi connectivity index (χ1v) is 5.86. The van der Waals surface area contributed by atoms with E-state index in [9.17, 15) is 8.78 Å². The Bertz CT molecular complexity index is 460. The molecule has 17 heavy (non-hydrogen) atoms. The number of nitrogen functional groups attached to an aromatic ring is 1. The van der Waals surface area contributed by atoms with Crippen molar-refractivity contribution in [2.24, 2.45) is 0 Å². The van der Waals surface area contributed by atoms with Crippen LogP contribution in [0.5, 0.6) is 0 Å². The van der Waals surface area contributed by atoms with Crippen molar-refractivity contribution in [2.75, 3.05) is 5.73 Å². The van der Waals surface area contributed by atoms with Crippen LogP contribution in [0.4, 0.5) is 14.5 Å². The van der Waals surface area contributed by atoms with Gasteiger partial charge in [-0.1, -0.05) is 12.2 Å². The van der Waals surface area contributed by atoms with Crippen LogP contribution in [0, 0.1) is 5.82 Å². The van der Waals surface area contributed by atoms with E-state index in [1.165, 1.54) is 19.1 Å². The van der Waals surface area contributed by atoms with E-state index in [1.807, 2.05) is 0 Å². The van der Waals surface area contributed by atoms with Crippen molar-refractivity contribution in [1.29, 1.82) is 0 Å². The number of nitrogens with two attached hydrogens (primary N) is 1. The Labute approximate surface area is 104 Å². The third-order valence-electron chi connectivity index (χ3n) is 3.08. The summed E-state index contributed by atoms with van der Waals surface area (Å²) in [5, 5.41) is 2.85. The number of thiocarbonyl (C=S) groups is 1. The fourth-order valence-electron chi connectivity index (χ4n) is 1.97. The zero-order chi connectivity index (χ0) is 12.6. The fourth-order valence-corrected chi connectivity index (χ4v) is 2.22. The van der Waals surface area contributed by atoms with Crippen LogP contribution in [-0.2, 0) is 0 Å². The molecule has 2 atom stereocenters. The highest BCUT2D eigenvalue weighted by atomic mass is 32.1. The molecule has 1 saturated heterocycles. The quantitative estimate of drug-likeness (QED) is 0.599. The minimum absolute atomic E-state index is 0.135. The Morgan fingerprint density at radius 3 is 2.88 bits per heavy atom. The summed E-state index contributed by atoms with van der Waals surface area (Å²) in [6, 6.07) is 4.09. The molecule has 2 rings (SSSR count). The van der Waals surface area contributed by atoms with Crippen molar-refractivity contribution >= 4 is 22.9 Å². The van der Waals surface area contributed by atoms with Gasteiger partial charge in [0.2, 0.25) is 0 Å². The molecule has 2 nitrogen and oxygen atoms in total. The van der Waals surface area contributed by atoms with Gasteiger partial charge in [-0.3, -0.25) is 0 Å². The maximum Gasteiger partial charge on any atom is 0.157 e. The summed E-state index contributed by atoms with van der Waals surface area (Å²) in [4.78, 5) is 0.135. The van der Waals surface area contributed by atoms with Gasteiger partial charge in [0, 0.05) is 11.3 Å². The van der Waals surface area contributed by atoms with E-state index < -0.39 is 5.67 Å². The van der Waals surface area contributed by atoms with Gasteiger partial charge in [-0.25, -0.2) is 8.78 Å². The van der Waals surface area contributed by atoms with Gasteiger partial charge in [-0.05, 0) is 38.0 Å². The van der Waals surface area contributed by atoms with Crippen molar-refractivity contribution in [3.63, 3.8) is 0 Å². The summed E-state index contributed by atoms with van der Waals surface area (Å²) < 4.78 is 27.5. The molecule has 3 N–H and O–H groups in total. The van der Waals surface area contributed by atoms with E-state index in [0.29, 0.717) is 17.7 Å². The highest BCUT2D eigenvalue weighted by Crippen LogP contribution is 2.33. The molecule has 0 bridgehead atoms. The summed E-state index contributed by atoms with van der Waals surface area (Å²) in [5.74, 6) is -0.345. The van der Waals surface area contributed by atoms with Gasteiger partial charge in [0.05, 0.1) is 6.04 Å². The summed E-state index contributed by atoms with van der Waals surface area (Å²) >= 11 is 4.96. The third-order valence-corrected chi connectivity index (χ3v) is 3.62. The van der Waals surface area contributed by atoms with Crippen LogP contribution < -0.4 is 11.1 Å². The lowest BCUT2D eigenvalue weighted by molar-refractivity contribution is 0.226. The Kier molecular flexibility index (Phi) is 3.03. The summed E-state index contributed by atoms with van der Waals surface area (Å²) in [7, 11) is 0. The number of alkyl halides is 1. The highest BCUT2D eigenvalue weighted by molar-refractivity contribution is 7.80. The molecule has 0 saturated carbocycles. The molecule has 0 aliphatic carbocycles. The Hall–Kier alpha value is -1.23. The molecule has 1 heterocycles.